The Morgan fingerprint density at radius 2 is 1.57 bits per heavy atom. The number of halogens is 2. The van der Waals surface area contributed by atoms with E-state index in [9.17, 15) is 9.59 Å². The highest BCUT2D eigenvalue weighted by Gasteiger charge is 2.22. The molecule has 0 atom stereocenters. The van der Waals surface area contributed by atoms with Crippen LogP contribution in [-0.4, -0.2) is 17.1 Å². The number of rotatable bonds is 4. The second-order valence-electron chi connectivity index (χ2n) is 4.88. The van der Waals surface area contributed by atoms with Gasteiger partial charge in [-0.05, 0) is 45.8 Å². The van der Waals surface area contributed by atoms with Crippen LogP contribution in [0.1, 0.15) is 20.8 Å². The lowest BCUT2D eigenvalue weighted by Crippen LogP contribution is -2.00. The summed E-state index contributed by atoms with van der Waals surface area (Å²) >= 11 is 9.37. The van der Waals surface area contributed by atoms with E-state index < -0.39 is 0 Å². The van der Waals surface area contributed by atoms with Crippen LogP contribution in [0, 0.1) is 0 Å². The lowest BCUT2D eigenvalue weighted by atomic mass is 10.0. The highest BCUT2D eigenvalue weighted by atomic mass is 79.9. The number of hydrogen-bond acceptors (Lipinski definition) is 2. The SMILES string of the molecule is O=Cc1c(-c2ccccc2)c(C=O)n(-c2ccc(Cl)cc2)c1Br. The second-order valence-corrected chi connectivity index (χ2v) is 6.07. The van der Waals surface area contributed by atoms with E-state index in [-0.39, 0.29) is 0 Å². The van der Waals surface area contributed by atoms with E-state index in [0.717, 1.165) is 23.8 Å². The summed E-state index contributed by atoms with van der Waals surface area (Å²) in [6.45, 7) is 0. The predicted molar refractivity (Wildman–Crippen MR) is 94.7 cm³/mol. The van der Waals surface area contributed by atoms with Gasteiger partial charge in [0.1, 0.15) is 4.60 Å². The van der Waals surface area contributed by atoms with E-state index in [4.69, 9.17) is 11.6 Å². The number of hydrogen-bond donors (Lipinski definition) is 0. The Kier molecular flexibility index (Phi) is 4.46. The third kappa shape index (κ3) is 2.76. The molecule has 114 valence electrons. The van der Waals surface area contributed by atoms with Crippen LogP contribution in [0.5, 0.6) is 0 Å². The lowest BCUT2D eigenvalue weighted by Gasteiger charge is -2.08. The zero-order valence-corrected chi connectivity index (χ0v) is 14.2. The van der Waals surface area contributed by atoms with Crippen molar-refractivity contribution < 1.29 is 9.59 Å². The summed E-state index contributed by atoms with van der Waals surface area (Å²) in [6, 6.07) is 16.4. The second kappa shape index (κ2) is 6.52. The Morgan fingerprint density at radius 3 is 2.13 bits per heavy atom. The van der Waals surface area contributed by atoms with Crippen molar-refractivity contribution in [1.29, 1.82) is 0 Å². The van der Waals surface area contributed by atoms with E-state index in [1.54, 1.807) is 28.8 Å². The molecule has 5 heteroatoms. The Morgan fingerprint density at radius 1 is 0.913 bits per heavy atom. The average Bonchev–Trinajstić information content (AvgIpc) is 2.88. The molecule has 1 aromatic heterocycles. The van der Waals surface area contributed by atoms with Gasteiger partial charge in [0, 0.05) is 16.3 Å². The summed E-state index contributed by atoms with van der Waals surface area (Å²) in [5.74, 6) is 0. The summed E-state index contributed by atoms with van der Waals surface area (Å²) in [4.78, 5) is 23.4. The van der Waals surface area contributed by atoms with Gasteiger partial charge in [-0.2, -0.15) is 0 Å². The Labute approximate surface area is 146 Å². The number of carbonyl (C=O) groups excluding carboxylic acids is 2. The smallest absolute Gasteiger partial charge is 0.167 e. The van der Waals surface area contributed by atoms with Crippen LogP contribution in [0.15, 0.2) is 59.2 Å². The van der Waals surface area contributed by atoms with Crippen molar-refractivity contribution in [2.75, 3.05) is 0 Å². The minimum absolute atomic E-state index is 0.410. The molecule has 0 radical (unpaired) electrons. The largest absolute Gasteiger partial charge is 0.300 e. The van der Waals surface area contributed by atoms with Crippen molar-refractivity contribution in [3.63, 3.8) is 0 Å². The maximum Gasteiger partial charge on any atom is 0.167 e. The van der Waals surface area contributed by atoms with Gasteiger partial charge in [0.05, 0.1) is 11.3 Å². The Bertz CT molecular complexity index is 870. The van der Waals surface area contributed by atoms with Crippen molar-refractivity contribution in [3.8, 4) is 16.8 Å². The summed E-state index contributed by atoms with van der Waals surface area (Å²) < 4.78 is 2.24. The summed E-state index contributed by atoms with van der Waals surface area (Å²) in [6.07, 6.45) is 1.51. The van der Waals surface area contributed by atoms with Gasteiger partial charge < -0.3 is 4.57 Å². The molecule has 3 aromatic rings. The molecule has 3 rings (SSSR count). The number of carbonyl (C=O) groups is 2. The fourth-order valence-electron chi connectivity index (χ4n) is 2.55. The molecule has 2 aromatic carbocycles. The van der Waals surface area contributed by atoms with Crippen molar-refractivity contribution in [1.82, 2.24) is 4.57 Å². The first kappa shape index (κ1) is 15.7. The molecule has 0 unspecified atom stereocenters. The van der Waals surface area contributed by atoms with E-state index in [1.165, 1.54) is 0 Å². The predicted octanol–water partition coefficient (Wildman–Crippen LogP) is 5.19. The van der Waals surface area contributed by atoms with Gasteiger partial charge in [-0.3, -0.25) is 9.59 Å². The minimum atomic E-state index is 0.410. The number of aldehydes is 2. The Balaban J connectivity index is 2.34. The molecular formula is C18H11BrClNO2. The van der Waals surface area contributed by atoms with Crippen LogP contribution < -0.4 is 0 Å². The van der Waals surface area contributed by atoms with Gasteiger partial charge in [-0.25, -0.2) is 0 Å². The topological polar surface area (TPSA) is 39.1 Å². The monoisotopic (exact) mass is 387 g/mol. The first-order valence-electron chi connectivity index (χ1n) is 6.83. The van der Waals surface area contributed by atoms with Crippen LogP contribution >= 0.6 is 27.5 Å². The van der Waals surface area contributed by atoms with Crippen molar-refractivity contribution >= 4 is 40.1 Å². The van der Waals surface area contributed by atoms with Gasteiger partial charge in [-0.15, -0.1) is 0 Å². The van der Waals surface area contributed by atoms with Crippen molar-refractivity contribution in [2.24, 2.45) is 0 Å². The highest BCUT2D eigenvalue weighted by molar-refractivity contribution is 9.10. The summed E-state index contributed by atoms with van der Waals surface area (Å²) in [5, 5.41) is 0.601. The average molecular weight is 389 g/mol. The van der Waals surface area contributed by atoms with Crippen molar-refractivity contribution in [3.05, 3.63) is 75.5 Å². The Hall–Kier alpha value is -2.17. The molecule has 3 nitrogen and oxygen atoms in total. The first-order chi connectivity index (χ1) is 11.2. The lowest BCUT2D eigenvalue weighted by molar-refractivity contribution is 0.111. The molecule has 0 spiro atoms. The quantitative estimate of drug-likeness (QED) is 0.577. The van der Waals surface area contributed by atoms with Crippen LogP contribution in [-0.2, 0) is 0 Å². The maximum atomic E-state index is 11.8. The molecule has 0 aliphatic rings. The number of benzene rings is 2. The number of nitrogens with zero attached hydrogens (tertiary/aromatic N) is 1. The van der Waals surface area contributed by atoms with E-state index >= 15 is 0 Å². The first-order valence-corrected chi connectivity index (χ1v) is 8.00. The van der Waals surface area contributed by atoms with E-state index in [0.29, 0.717) is 26.4 Å². The standard InChI is InChI=1S/C18H11BrClNO2/c19-18-15(10-22)17(12-4-2-1-3-5-12)16(11-23)21(18)14-8-6-13(20)7-9-14/h1-11H. The van der Waals surface area contributed by atoms with Gasteiger partial charge in [0.2, 0.25) is 0 Å². The zero-order chi connectivity index (χ0) is 16.4. The zero-order valence-electron chi connectivity index (χ0n) is 11.9. The van der Waals surface area contributed by atoms with Crippen molar-refractivity contribution in [2.45, 2.75) is 0 Å². The highest BCUT2D eigenvalue weighted by Crippen LogP contribution is 2.36. The molecule has 0 saturated carbocycles. The van der Waals surface area contributed by atoms with Gasteiger partial charge in [0.15, 0.2) is 12.6 Å². The van der Waals surface area contributed by atoms with E-state index in [1.807, 2.05) is 30.3 Å². The third-order valence-corrected chi connectivity index (χ3v) is 4.60. The molecule has 0 N–H and O–H groups in total. The molecule has 0 bridgehead atoms. The molecular weight excluding hydrogens is 378 g/mol. The number of aromatic nitrogens is 1. The fraction of sp³-hybridized carbons (Fsp3) is 0. The molecule has 0 amide bonds. The van der Waals surface area contributed by atoms with Crippen LogP contribution in [0.2, 0.25) is 5.02 Å². The summed E-state index contributed by atoms with van der Waals surface area (Å²) in [7, 11) is 0. The molecule has 1 heterocycles. The molecule has 0 saturated heterocycles. The van der Waals surface area contributed by atoms with Crippen LogP contribution in [0.4, 0.5) is 0 Å². The van der Waals surface area contributed by atoms with Crippen LogP contribution in [0.25, 0.3) is 16.8 Å². The molecule has 0 aliphatic carbocycles. The minimum Gasteiger partial charge on any atom is -0.300 e. The molecule has 23 heavy (non-hydrogen) atoms. The van der Waals surface area contributed by atoms with Gasteiger partial charge >= 0.3 is 0 Å². The van der Waals surface area contributed by atoms with Crippen LogP contribution in [0.3, 0.4) is 0 Å². The van der Waals surface area contributed by atoms with Gasteiger partial charge in [-0.1, -0.05) is 41.9 Å². The summed E-state index contributed by atoms with van der Waals surface area (Å²) in [5.41, 5.74) is 3.01. The third-order valence-electron chi connectivity index (χ3n) is 3.56. The normalized spacial score (nSPS) is 10.5. The van der Waals surface area contributed by atoms with Gasteiger partial charge in [0.25, 0.3) is 0 Å². The maximum absolute atomic E-state index is 11.8. The van der Waals surface area contributed by atoms with E-state index in [2.05, 4.69) is 15.9 Å². The molecule has 0 fully saturated rings. The fourth-order valence-corrected chi connectivity index (χ4v) is 3.36. The molecule has 0 aliphatic heterocycles.